The van der Waals surface area contributed by atoms with Gasteiger partial charge in [-0.15, -0.1) is 0 Å². The maximum absolute atomic E-state index is 12.4. The summed E-state index contributed by atoms with van der Waals surface area (Å²) in [7, 11) is 0. The summed E-state index contributed by atoms with van der Waals surface area (Å²) >= 11 is 6.00. The van der Waals surface area contributed by atoms with Crippen LogP contribution >= 0.6 is 11.6 Å². The minimum absolute atomic E-state index is 0.0183. The molecule has 2 amide bonds. The van der Waals surface area contributed by atoms with Crippen molar-refractivity contribution in [3.8, 4) is 5.69 Å². The van der Waals surface area contributed by atoms with Gasteiger partial charge >= 0.3 is 0 Å². The van der Waals surface area contributed by atoms with Crippen molar-refractivity contribution >= 4 is 29.1 Å². The van der Waals surface area contributed by atoms with Crippen LogP contribution in [0.1, 0.15) is 35.8 Å². The number of hydrogen-bond acceptors (Lipinski definition) is 3. The molecule has 7 heteroatoms. The van der Waals surface area contributed by atoms with E-state index in [-0.39, 0.29) is 11.8 Å². The monoisotopic (exact) mass is 396 g/mol. The molecule has 0 aliphatic rings. The fourth-order valence-electron chi connectivity index (χ4n) is 2.69. The Balaban J connectivity index is 1.61. The molecule has 0 saturated heterocycles. The molecule has 144 valence electrons. The van der Waals surface area contributed by atoms with Crippen molar-refractivity contribution in [2.45, 2.75) is 26.3 Å². The maximum Gasteiger partial charge on any atom is 0.272 e. The van der Waals surface area contributed by atoms with Crippen LogP contribution in [0.15, 0.2) is 60.8 Å². The molecule has 0 aliphatic heterocycles. The van der Waals surface area contributed by atoms with Crippen molar-refractivity contribution in [2.75, 3.05) is 5.32 Å². The number of hydrogen-bond donors (Lipinski definition) is 2. The molecule has 0 saturated carbocycles. The molecule has 0 unspecified atom stereocenters. The molecule has 3 rings (SSSR count). The predicted molar refractivity (Wildman–Crippen MR) is 110 cm³/mol. The van der Waals surface area contributed by atoms with Crippen LogP contribution in [0.4, 0.5) is 5.69 Å². The van der Waals surface area contributed by atoms with Crippen molar-refractivity contribution in [2.24, 2.45) is 0 Å². The van der Waals surface area contributed by atoms with Gasteiger partial charge in [0.05, 0.1) is 5.69 Å². The number of carbonyl (C=O) groups is 2. The number of amides is 2. The van der Waals surface area contributed by atoms with Crippen LogP contribution in [0.5, 0.6) is 0 Å². The second-order valence-corrected chi connectivity index (χ2v) is 6.74. The summed E-state index contributed by atoms with van der Waals surface area (Å²) in [6.45, 7) is 2.29. The molecule has 0 radical (unpaired) electrons. The van der Waals surface area contributed by atoms with E-state index in [0.29, 0.717) is 23.7 Å². The van der Waals surface area contributed by atoms with Crippen LogP contribution in [-0.4, -0.2) is 21.6 Å². The highest BCUT2D eigenvalue weighted by Crippen LogP contribution is 2.15. The summed E-state index contributed by atoms with van der Waals surface area (Å²) < 4.78 is 1.60. The number of carbonyl (C=O) groups excluding carboxylic acids is 2. The van der Waals surface area contributed by atoms with Gasteiger partial charge in [-0.3, -0.25) is 9.59 Å². The highest BCUT2D eigenvalue weighted by atomic mass is 35.5. The van der Waals surface area contributed by atoms with Crippen LogP contribution in [0.2, 0.25) is 5.02 Å². The van der Waals surface area contributed by atoms with E-state index in [0.717, 1.165) is 23.4 Å². The highest BCUT2D eigenvalue weighted by Gasteiger charge is 2.10. The number of rotatable bonds is 7. The van der Waals surface area contributed by atoms with Crippen LogP contribution in [0.25, 0.3) is 5.69 Å². The van der Waals surface area contributed by atoms with E-state index in [4.69, 9.17) is 11.6 Å². The van der Waals surface area contributed by atoms with Gasteiger partial charge in [0.2, 0.25) is 5.91 Å². The molecule has 0 atom stereocenters. The molecular weight excluding hydrogens is 376 g/mol. The lowest BCUT2D eigenvalue weighted by Gasteiger charge is -2.08. The molecule has 0 bridgehead atoms. The number of halogens is 1. The Kier molecular flexibility index (Phi) is 6.45. The molecule has 0 spiro atoms. The van der Waals surface area contributed by atoms with Crippen LogP contribution in [0.3, 0.4) is 0 Å². The fraction of sp³-hybridized carbons (Fsp3) is 0.190. The van der Waals surface area contributed by atoms with Gasteiger partial charge in [-0.25, -0.2) is 4.68 Å². The normalized spacial score (nSPS) is 10.5. The summed E-state index contributed by atoms with van der Waals surface area (Å²) in [5, 5.41) is 10.6. The van der Waals surface area contributed by atoms with Gasteiger partial charge in [0.15, 0.2) is 5.69 Å². The molecule has 1 aromatic heterocycles. The smallest absolute Gasteiger partial charge is 0.272 e. The Morgan fingerprint density at radius 1 is 1.11 bits per heavy atom. The Morgan fingerprint density at radius 2 is 1.93 bits per heavy atom. The van der Waals surface area contributed by atoms with Gasteiger partial charge in [-0.1, -0.05) is 36.7 Å². The van der Waals surface area contributed by atoms with Gasteiger partial charge in [-0.05, 0) is 48.4 Å². The minimum atomic E-state index is -0.277. The second-order valence-electron chi connectivity index (χ2n) is 6.31. The first kappa shape index (κ1) is 19.6. The highest BCUT2D eigenvalue weighted by molar-refractivity contribution is 6.30. The number of nitrogens with zero attached hydrogens (tertiary/aromatic N) is 2. The van der Waals surface area contributed by atoms with E-state index < -0.39 is 0 Å². The van der Waals surface area contributed by atoms with Crippen molar-refractivity contribution in [3.05, 3.63) is 77.1 Å². The molecule has 28 heavy (non-hydrogen) atoms. The molecular formula is C21H21ClN4O2. The topological polar surface area (TPSA) is 76.0 Å². The average Bonchev–Trinajstić information content (AvgIpc) is 3.17. The standard InChI is InChI=1S/C21H21ClN4O2/c1-2-5-20(27)24-17-8-3-6-15(12-17)14-23-21(28)19-10-11-26(25-19)18-9-4-7-16(22)13-18/h3-4,6-13H,2,5,14H2,1H3,(H,23,28)(H,24,27). The fourth-order valence-corrected chi connectivity index (χ4v) is 2.87. The Hall–Kier alpha value is -3.12. The molecule has 3 aromatic rings. The van der Waals surface area contributed by atoms with Crippen LogP contribution in [-0.2, 0) is 11.3 Å². The van der Waals surface area contributed by atoms with Gasteiger partial charge < -0.3 is 10.6 Å². The average molecular weight is 397 g/mol. The largest absolute Gasteiger partial charge is 0.347 e. The molecule has 0 fully saturated rings. The lowest BCUT2D eigenvalue weighted by molar-refractivity contribution is -0.116. The van der Waals surface area contributed by atoms with E-state index in [2.05, 4.69) is 15.7 Å². The van der Waals surface area contributed by atoms with Crippen molar-refractivity contribution < 1.29 is 9.59 Å². The summed E-state index contributed by atoms with van der Waals surface area (Å²) in [4.78, 5) is 24.1. The van der Waals surface area contributed by atoms with E-state index in [1.54, 1.807) is 29.1 Å². The van der Waals surface area contributed by atoms with Crippen LogP contribution in [0, 0.1) is 0 Å². The van der Waals surface area contributed by atoms with E-state index in [9.17, 15) is 9.59 Å². The third-order valence-electron chi connectivity index (χ3n) is 4.04. The van der Waals surface area contributed by atoms with Gasteiger partial charge in [0, 0.05) is 29.9 Å². The maximum atomic E-state index is 12.4. The van der Waals surface area contributed by atoms with Gasteiger partial charge in [0.25, 0.3) is 5.91 Å². The molecule has 1 heterocycles. The molecule has 2 aromatic carbocycles. The molecule has 6 nitrogen and oxygen atoms in total. The minimum Gasteiger partial charge on any atom is -0.347 e. The zero-order valence-corrected chi connectivity index (χ0v) is 16.2. The third-order valence-corrected chi connectivity index (χ3v) is 4.27. The molecule has 2 N–H and O–H groups in total. The predicted octanol–water partition coefficient (Wildman–Crippen LogP) is 4.19. The first-order valence-electron chi connectivity index (χ1n) is 9.04. The van der Waals surface area contributed by atoms with Gasteiger partial charge in [-0.2, -0.15) is 5.10 Å². The summed E-state index contributed by atoms with van der Waals surface area (Å²) in [5.41, 5.74) is 2.70. The third kappa shape index (κ3) is 5.20. The van der Waals surface area contributed by atoms with E-state index in [1.807, 2.05) is 43.3 Å². The first-order valence-corrected chi connectivity index (χ1v) is 9.41. The number of anilines is 1. The van der Waals surface area contributed by atoms with Crippen molar-refractivity contribution in [1.82, 2.24) is 15.1 Å². The second kappa shape index (κ2) is 9.19. The van der Waals surface area contributed by atoms with Crippen molar-refractivity contribution in [3.63, 3.8) is 0 Å². The number of nitrogens with one attached hydrogen (secondary N) is 2. The number of benzene rings is 2. The van der Waals surface area contributed by atoms with E-state index in [1.165, 1.54) is 0 Å². The zero-order chi connectivity index (χ0) is 19.9. The number of aromatic nitrogens is 2. The Bertz CT molecular complexity index is 984. The van der Waals surface area contributed by atoms with Gasteiger partial charge in [0.1, 0.15) is 0 Å². The summed E-state index contributed by atoms with van der Waals surface area (Å²) in [5.74, 6) is -0.295. The Labute approximate surface area is 168 Å². The lowest BCUT2D eigenvalue weighted by atomic mass is 10.2. The SMILES string of the molecule is CCCC(=O)Nc1cccc(CNC(=O)c2ccn(-c3cccc(Cl)c3)n2)c1. The zero-order valence-electron chi connectivity index (χ0n) is 15.5. The summed E-state index contributed by atoms with van der Waals surface area (Å²) in [6.07, 6.45) is 2.99. The summed E-state index contributed by atoms with van der Waals surface area (Å²) in [6, 6.07) is 16.3. The first-order chi connectivity index (χ1) is 13.5. The molecule has 0 aliphatic carbocycles. The quantitative estimate of drug-likeness (QED) is 0.628. The Morgan fingerprint density at radius 3 is 2.71 bits per heavy atom. The lowest BCUT2D eigenvalue weighted by Crippen LogP contribution is -2.23. The van der Waals surface area contributed by atoms with E-state index >= 15 is 0 Å². The van der Waals surface area contributed by atoms with Crippen LogP contribution < -0.4 is 10.6 Å². The van der Waals surface area contributed by atoms with Crippen molar-refractivity contribution in [1.29, 1.82) is 0 Å².